The number of halogens is 1. The van der Waals surface area contributed by atoms with Crippen LogP contribution in [0.2, 0.25) is 0 Å². The Hall–Kier alpha value is -2.63. The minimum absolute atomic E-state index is 0. The van der Waals surface area contributed by atoms with Crippen molar-refractivity contribution >= 4 is 33.5 Å². The van der Waals surface area contributed by atoms with E-state index in [0.29, 0.717) is 21.5 Å². The molecule has 0 unspecified atom stereocenters. The van der Waals surface area contributed by atoms with Crippen LogP contribution in [-0.4, -0.2) is 26.2 Å². The van der Waals surface area contributed by atoms with Crippen molar-refractivity contribution in [2.24, 2.45) is 10.2 Å². The molecule has 0 saturated heterocycles. The number of hydrogen-bond acceptors (Lipinski definition) is 4. The largest absolute Gasteiger partial charge is 1.00 e. The Kier molecular flexibility index (Phi) is 5.30. The van der Waals surface area contributed by atoms with Gasteiger partial charge in [0.2, 0.25) is 0 Å². The summed E-state index contributed by atoms with van der Waals surface area (Å²) in [6.45, 7) is 0. The third kappa shape index (κ3) is 3.90. The van der Waals surface area contributed by atoms with E-state index in [0.717, 1.165) is 16.5 Å². The molecule has 0 aliphatic heterocycles. The molecule has 0 aliphatic carbocycles. The molecule has 130 valence electrons. The maximum atomic E-state index is 10.3. The molecule has 5 nitrogen and oxygen atoms in total. The fraction of sp³-hybridized carbons (Fsp3) is 0.158. The molecule has 0 amide bonds. The van der Waals surface area contributed by atoms with E-state index in [4.69, 9.17) is 5.73 Å². The molecule has 0 atom stereocenters. The zero-order chi connectivity index (χ0) is 17.3. The van der Waals surface area contributed by atoms with Crippen LogP contribution in [0.4, 0.5) is 22.7 Å². The Morgan fingerprint density at radius 3 is 2.20 bits per heavy atom. The fourth-order valence-electron chi connectivity index (χ4n) is 2.64. The summed E-state index contributed by atoms with van der Waals surface area (Å²) in [4.78, 5) is 0. The van der Waals surface area contributed by atoms with Crippen LogP contribution in [0.25, 0.3) is 10.8 Å². The number of quaternary nitrogens is 1. The number of anilines is 1. The number of benzene rings is 3. The van der Waals surface area contributed by atoms with E-state index in [-0.39, 0.29) is 18.2 Å². The Labute approximate surface area is 153 Å². The fourth-order valence-corrected chi connectivity index (χ4v) is 2.64. The number of phenolic OH excluding ortho intramolecular Hbond substituents is 1. The van der Waals surface area contributed by atoms with Crippen molar-refractivity contribution in [1.29, 1.82) is 0 Å². The molecule has 0 radical (unpaired) electrons. The summed E-state index contributed by atoms with van der Waals surface area (Å²) in [6.07, 6.45) is 0. The van der Waals surface area contributed by atoms with Crippen LogP contribution in [-0.2, 0) is 0 Å². The van der Waals surface area contributed by atoms with E-state index in [1.807, 2.05) is 24.3 Å². The number of fused-ring (bicyclic) bond motifs is 1. The molecule has 0 fully saturated rings. The van der Waals surface area contributed by atoms with Crippen LogP contribution >= 0.6 is 0 Å². The zero-order valence-electron chi connectivity index (χ0n) is 14.4. The molecule has 3 aromatic carbocycles. The Bertz CT molecular complexity index is 915. The van der Waals surface area contributed by atoms with Gasteiger partial charge in [-0.2, -0.15) is 5.11 Å². The van der Waals surface area contributed by atoms with Crippen LogP contribution in [0.5, 0.6) is 5.75 Å². The molecule has 0 spiro atoms. The van der Waals surface area contributed by atoms with Gasteiger partial charge >= 0.3 is 0 Å². The van der Waals surface area contributed by atoms with E-state index in [1.165, 1.54) is 0 Å². The smallest absolute Gasteiger partial charge is 0.143 e. The second-order valence-corrected chi connectivity index (χ2v) is 6.61. The van der Waals surface area contributed by atoms with Gasteiger partial charge in [0.1, 0.15) is 17.1 Å². The molecule has 6 heteroatoms. The molecule has 3 N–H and O–H groups in total. The van der Waals surface area contributed by atoms with Crippen molar-refractivity contribution in [1.82, 2.24) is 4.48 Å². The lowest BCUT2D eigenvalue weighted by Gasteiger charge is -2.25. The van der Waals surface area contributed by atoms with E-state index in [9.17, 15) is 5.11 Å². The highest BCUT2D eigenvalue weighted by atomic mass is 35.5. The summed E-state index contributed by atoms with van der Waals surface area (Å²) >= 11 is 0. The molecule has 0 heterocycles. The van der Waals surface area contributed by atoms with E-state index >= 15 is 0 Å². The second kappa shape index (κ2) is 7.09. The van der Waals surface area contributed by atoms with Crippen LogP contribution in [0.3, 0.4) is 0 Å². The van der Waals surface area contributed by atoms with Crippen molar-refractivity contribution in [3.8, 4) is 5.75 Å². The van der Waals surface area contributed by atoms with Crippen molar-refractivity contribution in [3.63, 3.8) is 0 Å². The Balaban J connectivity index is 0.00000225. The van der Waals surface area contributed by atoms with E-state index in [1.54, 1.807) is 30.3 Å². The molecule has 0 aliphatic rings. The predicted molar refractivity (Wildman–Crippen MR) is 100 cm³/mol. The maximum Gasteiger partial charge on any atom is 0.143 e. The zero-order valence-corrected chi connectivity index (χ0v) is 15.2. The van der Waals surface area contributed by atoms with Gasteiger partial charge in [0.15, 0.2) is 0 Å². The number of nitrogen functional groups attached to an aromatic ring is 1. The van der Waals surface area contributed by atoms with Crippen molar-refractivity contribution < 1.29 is 17.5 Å². The Morgan fingerprint density at radius 2 is 1.56 bits per heavy atom. The number of hydrogen-bond donors (Lipinski definition) is 2. The lowest BCUT2D eigenvalue weighted by Crippen LogP contribution is -3.00. The number of azo groups is 1. The topological polar surface area (TPSA) is 71.0 Å². The van der Waals surface area contributed by atoms with Gasteiger partial charge in [-0.05, 0) is 41.8 Å². The number of phenols is 1. The monoisotopic (exact) mass is 356 g/mol. The summed E-state index contributed by atoms with van der Waals surface area (Å²) in [6, 6.07) is 16.7. The maximum absolute atomic E-state index is 10.3. The van der Waals surface area contributed by atoms with Gasteiger partial charge in [-0.15, -0.1) is 5.11 Å². The molecule has 0 bridgehead atoms. The first-order valence-electron chi connectivity index (χ1n) is 7.70. The third-order valence-electron chi connectivity index (χ3n) is 3.86. The van der Waals surface area contributed by atoms with E-state index < -0.39 is 0 Å². The average molecular weight is 357 g/mol. The van der Waals surface area contributed by atoms with Crippen LogP contribution in [0.15, 0.2) is 64.8 Å². The van der Waals surface area contributed by atoms with Gasteiger partial charge in [0.25, 0.3) is 0 Å². The predicted octanol–water partition coefficient (Wildman–Crippen LogP) is 1.74. The summed E-state index contributed by atoms with van der Waals surface area (Å²) in [7, 11) is 6.25. The van der Waals surface area contributed by atoms with Crippen LogP contribution in [0, 0.1) is 0 Å². The quantitative estimate of drug-likeness (QED) is 0.426. The van der Waals surface area contributed by atoms with Crippen molar-refractivity contribution in [2.45, 2.75) is 0 Å². The number of aromatic hydroxyl groups is 1. The summed E-state index contributed by atoms with van der Waals surface area (Å²) in [5, 5.41) is 20.9. The molecule has 0 aromatic heterocycles. The molecule has 3 aromatic rings. The van der Waals surface area contributed by atoms with Crippen LogP contribution in [0.1, 0.15) is 0 Å². The van der Waals surface area contributed by atoms with E-state index in [2.05, 4.69) is 31.4 Å². The summed E-state index contributed by atoms with van der Waals surface area (Å²) in [5.74, 6) is 0.114. The summed E-state index contributed by atoms with van der Waals surface area (Å²) < 4.78 is 0.616. The van der Waals surface area contributed by atoms with Crippen molar-refractivity contribution in [2.75, 3.05) is 26.9 Å². The summed E-state index contributed by atoms with van der Waals surface area (Å²) in [5.41, 5.74) is 8.59. The van der Waals surface area contributed by atoms with Gasteiger partial charge in [-0.1, -0.05) is 18.2 Å². The number of nitrogens with zero attached hydrogens (tertiary/aromatic N) is 3. The molecule has 3 rings (SSSR count). The van der Waals surface area contributed by atoms with Crippen LogP contribution < -0.4 is 22.6 Å². The van der Waals surface area contributed by atoms with Crippen molar-refractivity contribution in [3.05, 3.63) is 54.6 Å². The highest BCUT2D eigenvalue weighted by Gasteiger charge is 2.20. The molecular formula is C19H21ClN4O. The molecule has 0 saturated carbocycles. The van der Waals surface area contributed by atoms with Gasteiger partial charge < -0.3 is 23.2 Å². The standard InChI is InChI=1S/C19H20N4O.ClH/c1-23(2,3)16-6-4-5-13-7-12-17(24)19(18(13)16)22-21-15-10-8-14(20)9-11-15;/h4-12H,1-3H3,(H2-,20,21,22,24);1H. The first-order chi connectivity index (χ1) is 11.4. The highest BCUT2D eigenvalue weighted by molar-refractivity contribution is 6.03. The van der Waals surface area contributed by atoms with Gasteiger partial charge in [-0.25, -0.2) is 0 Å². The third-order valence-corrected chi connectivity index (χ3v) is 3.86. The lowest BCUT2D eigenvalue weighted by molar-refractivity contribution is -0.00000611. The normalized spacial score (nSPS) is 11.6. The first-order valence-corrected chi connectivity index (χ1v) is 7.70. The highest BCUT2D eigenvalue weighted by Crippen LogP contribution is 2.42. The van der Waals surface area contributed by atoms with Gasteiger partial charge in [0, 0.05) is 5.69 Å². The first kappa shape index (κ1) is 18.7. The minimum atomic E-state index is 0. The minimum Gasteiger partial charge on any atom is -1.00 e. The Morgan fingerprint density at radius 1 is 0.880 bits per heavy atom. The molecular weight excluding hydrogens is 336 g/mol. The van der Waals surface area contributed by atoms with Gasteiger partial charge in [0.05, 0.1) is 32.2 Å². The SMILES string of the molecule is C[N+](C)(C)c1cccc2ccc(O)c(N=Nc3ccc(N)cc3)c12.[Cl-]. The lowest BCUT2D eigenvalue weighted by atomic mass is 10.0. The average Bonchev–Trinajstić information content (AvgIpc) is 2.54. The number of rotatable bonds is 3. The van der Waals surface area contributed by atoms with Gasteiger partial charge in [-0.3, -0.25) is 4.48 Å². The second-order valence-electron chi connectivity index (χ2n) is 6.61. The number of nitrogens with two attached hydrogens (primary N) is 1. The molecule has 25 heavy (non-hydrogen) atoms.